The summed E-state index contributed by atoms with van der Waals surface area (Å²) in [5.41, 5.74) is 7.71. The molecule has 25 heavy (non-hydrogen) atoms. The van der Waals surface area contributed by atoms with Gasteiger partial charge in [-0.2, -0.15) is 0 Å². The van der Waals surface area contributed by atoms with Gasteiger partial charge in [-0.25, -0.2) is 13.4 Å². The molecule has 0 aliphatic heterocycles. The summed E-state index contributed by atoms with van der Waals surface area (Å²) in [6, 6.07) is 11.6. The summed E-state index contributed by atoms with van der Waals surface area (Å²) in [5, 5.41) is 0.441. The minimum Gasteiger partial charge on any atom is -0.383 e. The average molecular weight is 375 g/mol. The van der Waals surface area contributed by atoms with E-state index >= 15 is 0 Å². The third-order valence-electron chi connectivity index (χ3n) is 3.71. The van der Waals surface area contributed by atoms with Gasteiger partial charge < -0.3 is 5.73 Å². The molecule has 0 amide bonds. The summed E-state index contributed by atoms with van der Waals surface area (Å²) < 4.78 is 27.1. The molecule has 3 rings (SSSR count). The Morgan fingerprint density at radius 2 is 1.80 bits per heavy atom. The van der Waals surface area contributed by atoms with Crippen LogP contribution in [0.4, 0.5) is 11.5 Å². The largest absolute Gasteiger partial charge is 0.383 e. The Labute approximate surface area is 151 Å². The second-order valence-corrected chi connectivity index (χ2v) is 7.67. The Morgan fingerprint density at radius 3 is 2.48 bits per heavy atom. The second-order valence-electron chi connectivity index (χ2n) is 5.30. The van der Waals surface area contributed by atoms with E-state index in [1.165, 1.54) is 19.3 Å². The Hall–Kier alpha value is -2.64. The second kappa shape index (κ2) is 6.70. The molecule has 0 radical (unpaired) electrons. The maximum atomic E-state index is 13.0. The molecule has 2 heterocycles. The molecule has 2 aromatic heterocycles. The maximum absolute atomic E-state index is 13.0. The highest BCUT2D eigenvalue weighted by Crippen LogP contribution is 2.29. The van der Waals surface area contributed by atoms with E-state index in [2.05, 4.69) is 9.97 Å². The summed E-state index contributed by atoms with van der Waals surface area (Å²) in [7, 11) is -2.45. The van der Waals surface area contributed by atoms with Crippen LogP contribution in [0.5, 0.6) is 0 Å². The van der Waals surface area contributed by atoms with Crippen molar-refractivity contribution in [2.75, 3.05) is 17.1 Å². The molecule has 1 aromatic carbocycles. The topological polar surface area (TPSA) is 89.2 Å². The van der Waals surface area contributed by atoms with Crippen LogP contribution in [0, 0.1) is 0 Å². The summed E-state index contributed by atoms with van der Waals surface area (Å²) in [6.45, 7) is 0. The molecule has 3 aromatic rings. The minimum absolute atomic E-state index is 0.0633. The molecule has 0 fully saturated rings. The van der Waals surface area contributed by atoms with Crippen molar-refractivity contribution in [2.45, 2.75) is 4.90 Å². The van der Waals surface area contributed by atoms with Crippen molar-refractivity contribution < 1.29 is 8.42 Å². The molecule has 6 nitrogen and oxygen atoms in total. The molecule has 0 unspecified atom stereocenters. The standard InChI is InChI=1S/C17H15ClN4O2S/c1-22(15-4-2-3-14(18)10-15)25(23,24)16-9-13(11-21-17(16)19)12-5-7-20-8-6-12/h2-11H,1H3,(H2,19,21). The van der Waals surface area contributed by atoms with Crippen molar-refractivity contribution in [1.82, 2.24) is 9.97 Å². The van der Waals surface area contributed by atoms with Gasteiger partial charge in [0.05, 0.1) is 5.69 Å². The Balaban J connectivity index is 2.08. The lowest BCUT2D eigenvalue weighted by Crippen LogP contribution is -2.27. The number of benzene rings is 1. The van der Waals surface area contributed by atoms with E-state index in [9.17, 15) is 8.42 Å². The molecule has 0 saturated carbocycles. The van der Waals surface area contributed by atoms with Crippen molar-refractivity contribution >= 4 is 33.1 Å². The van der Waals surface area contributed by atoms with Gasteiger partial charge in [-0.05, 0) is 42.0 Å². The van der Waals surface area contributed by atoms with E-state index < -0.39 is 10.0 Å². The number of anilines is 2. The third kappa shape index (κ3) is 3.42. The molecule has 0 aliphatic rings. The number of pyridine rings is 2. The van der Waals surface area contributed by atoms with Crippen molar-refractivity contribution in [3.63, 3.8) is 0 Å². The number of rotatable bonds is 4. The molecule has 0 spiro atoms. The zero-order valence-corrected chi connectivity index (χ0v) is 14.9. The van der Waals surface area contributed by atoms with Crippen LogP contribution < -0.4 is 10.0 Å². The van der Waals surface area contributed by atoms with Crippen molar-refractivity contribution in [2.24, 2.45) is 0 Å². The Morgan fingerprint density at radius 1 is 1.08 bits per heavy atom. The molecular formula is C17H15ClN4O2S. The molecule has 2 N–H and O–H groups in total. The first-order chi connectivity index (χ1) is 11.9. The molecule has 0 aliphatic carbocycles. The van der Waals surface area contributed by atoms with Crippen LogP contribution in [-0.4, -0.2) is 25.4 Å². The van der Waals surface area contributed by atoms with Crippen LogP contribution in [-0.2, 0) is 10.0 Å². The molecule has 0 atom stereocenters. The number of nitrogens with zero attached hydrogens (tertiary/aromatic N) is 3. The van der Waals surface area contributed by atoms with E-state index in [0.29, 0.717) is 16.3 Å². The molecule has 0 saturated heterocycles. The van der Waals surface area contributed by atoms with Crippen molar-refractivity contribution in [1.29, 1.82) is 0 Å². The first kappa shape index (κ1) is 17.2. The van der Waals surface area contributed by atoms with Gasteiger partial charge in [0.25, 0.3) is 10.0 Å². The Bertz CT molecular complexity index is 1010. The fourth-order valence-corrected chi connectivity index (χ4v) is 3.79. The average Bonchev–Trinajstić information content (AvgIpc) is 2.62. The lowest BCUT2D eigenvalue weighted by molar-refractivity contribution is 0.594. The summed E-state index contributed by atoms with van der Waals surface area (Å²) >= 11 is 5.96. The predicted octanol–water partition coefficient (Wildman–Crippen LogP) is 3.20. The monoisotopic (exact) mass is 374 g/mol. The van der Waals surface area contributed by atoms with E-state index in [-0.39, 0.29) is 10.7 Å². The smallest absolute Gasteiger partial charge is 0.267 e. The Kier molecular flexibility index (Phi) is 4.61. The third-order valence-corrected chi connectivity index (χ3v) is 5.76. The first-order valence-corrected chi connectivity index (χ1v) is 9.12. The fourth-order valence-electron chi connectivity index (χ4n) is 2.32. The summed E-state index contributed by atoms with van der Waals surface area (Å²) in [4.78, 5) is 7.93. The zero-order chi connectivity index (χ0) is 18.0. The van der Waals surface area contributed by atoms with Gasteiger partial charge in [-0.15, -0.1) is 0 Å². The van der Waals surface area contributed by atoms with Gasteiger partial charge in [0.1, 0.15) is 10.7 Å². The molecule has 0 bridgehead atoms. The summed E-state index contributed by atoms with van der Waals surface area (Å²) in [6.07, 6.45) is 4.78. The van der Waals surface area contributed by atoms with Gasteiger partial charge in [0, 0.05) is 36.2 Å². The number of hydrogen-bond donors (Lipinski definition) is 1. The van der Waals surface area contributed by atoms with Gasteiger partial charge in [0.2, 0.25) is 0 Å². The number of halogens is 1. The van der Waals surface area contributed by atoms with Crippen LogP contribution in [0.1, 0.15) is 0 Å². The number of hydrogen-bond acceptors (Lipinski definition) is 5. The van der Waals surface area contributed by atoms with Crippen molar-refractivity contribution in [3.8, 4) is 11.1 Å². The number of nitrogens with two attached hydrogens (primary N) is 1. The van der Waals surface area contributed by atoms with Gasteiger partial charge in [-0.3, -0.25) is 9.29 Å². The number of nitrogen functional groups attached to an aromatic ring is 1. The first-order valence-electron chi connectivity index (χ1n) is 7.30. The van der Waals surface area contributed by atoms with E-state index in [0.717, 1.165) is 9.87 Å². The van der Waals surface area contributed by atoms with Crippen LogP contribution in [0.15, 0.2) is 66.0 Å². The highest BCUT2D eigenvalue weighted by molar-refractivity contribution is 7.93. The molecular weight excluding hydrogens is 360 g/mol. The fraction of sp³-hybridized carbons (Fsp3) is 0.0588. The lowest BCUT2D eigenvalue weighted by Gasteiger charge is -2.20. The van der Waals surface area contributed by atoms with Crippen LogP contribution in [0.2, 0.25) is 5.02 Å². The predicted molar refractivity (Wildman–Crippen MR) is 98.9 cm³/mol. The molecule has 8 heteroatoms. The van der Waals surface area contributed by atoms with Gasteiger partial charge in [-0.1, -0.05) is 17.7 Å². The lowest BCUT2D eigenvalue weighted by atomic mass is 10.1. The minimum atomic E-state index is -3.90. The molecule has 128 valence electrons. The summed E-state index contributed by atoms with van der Waals surface area (Å²) in [5.74, 6) is -0.0633. The highest BCUT2D eigenvalue weighted by atomic mass is 35.5. The van der Waals surface area contributed by atoms with E-state index in [1.54, 1.807) is 48.8 Å². The van der Waals surface area contributed by atoms with Crippen LogP contribution in [0.3, 0.4) is 0 Å². The van der Waals surface area contributed by atoms with E-state index in [4.69, 9.17) is 17.3 Å². The van der Waals surface area contributed by atoms with Crippen LogP contribution >= 0.6 is 11.6 Å². The van der Waals surface area contributed by atoms with Crippen LogP contribution in [0.25, 0.3) is 11.1 Å². The SMILES string of the molecule is CN(c1cccc(Cl)c1)S(=O)(=O)c1cc(-c2ccncc2)cnc1N. The van der Waals surface area contributed by atoms with E-state index in [1.807, 2.05) is 0 Å². The normalized spacial score (nSPS) is 11.3. The van der Waals surface area contributed by atoms with Gasteiger partial charge >= 0.3 is 0 Å². The highest BCUT2D eigenvalue weighted by Gasteiger charge is 2.25. The van der Waals surface area contributed by atoms with Crippen molar-refractivity contribution in [3.05, 3.63) is 66.1 Å². The number of sulfonamides is 1. The maximum Gasteiger partial charge on any atom is 0.267 e. The van der Waals surface area contributed by atoms with Gasteiger partial charge in [0.15, 0.2) is 0 Å². The quantitative estimate of drug-likeness (QED) is 0.757. The zero-order valence-electron chi connectivity index (χ0n) is 13.3. The number of aromatic nitrogens is 2.